The number of halogens is 1. The number of fused-ring (bicyclic) bond motifs is 2. The Labute approximate surface area is 288 Å². The molecule has 3 aliphatic heterocycles. The number of hydrogen-bond acceptors (Lipinski definition) is 7. The van der Waals surface area contributed by atoms with Crippen molar-refractivity contribution in [1.82, 2.24) is 10.3 Å². The molecule has 0 radical (unpaired) electrons. The van der Waals surface area contributed by atoms with Crippen molar-refractivity contribution in [3.05, 3.63) is 73.7 Å². The van der Waals surface area contributed by atoms with Crippen LogP contribution in [0.25, 0.3) is 11.1 Å². The molecular weight excluding hydrogens is 628 g/mol. The number of aromatic amines is 1. The van der Waals surface area contributed by atoms with Crippen LogP contribution in [0.4, 0.5) is 11.4 Å². The van der Waals surface area contributed by atoms with Crippen molar-refractivity contribution in [2.24, 2.45) is 0 Å². The van der Waals surface area contributed by atoms with Gasteiger partial charge >= 0.3 is 0 Å². The lowest BCUT2D eigenvalue weighted by atomic mass is 9.75. The van der Waals surface area contributed by atoms with Crippen molar-refractivity contribution in [3.63, 3.8) is 0 Å². The molecule has 1 amide bonds. The molecule has 1 aromatic heterocycles. The van der Waals surface area contributed by atoms with E-state index in [-0.39, 0.29) is 29.5 Å². The number of anilines is 2. The van der Waals surface area contributed by atoms with Crippen LogP contribution in [0.2, 0.25) is 5.02 Å². The van der Waals surface area contributed by atoms with Crippen molar-refractivity contribution in [3.8, 4) is 16.9 Å². The van der Waals surface area contributed by atoms with E-state index in [4.69, 9.17) is 25.8 Å². The highest BCUT2D eigenvalue weighted by Crippen LogP contribution is 2.50. The smallest absolute Gasteiger partial charge is 0.256 e. The lowest BCUT2D eigenvalue weighted by Gasteiger charge is -2.37. The standard InChI is InChI=1S/C38H49ClN4O5/c1-7-42(27-10-14-47-15-11-27)31-20-28(26-8-9-30-32(19-26)43(23(2)3)22-38(30)12-16-48-17-13-38)35(39)34(25(31)5)37(45)40-21-29-33(46-6)18-24(4)41-36(29)44/h8-9,18-20,23,27H,7,10-17,21-22H2,1-6H3,(H,40,45)(H,41,44). The third-order valence-corrected chi connectivity index (χ3v) is 11.0. The highest BCUT2D eigenvalue weighted by molar-refractivity contribution is 6.37. The van der Waals surface area contributed by atoms with Gasteiger partial charge < -0.3 is 34.3 Å². The second kappa shape index (κ2) is 14.1. The zero-order valence-electron chi connectivity index (χ0n) is 29.1. The largest absolute Gasteiger partial charge is 0.496 e. The van der Waals surface area contributed by atoms with Crippen LogP contribution in [0.1, 0.15) is 79.2 Å². The maximum absolute atomic E-state index is 14.2. The maximum atomic E-state index is 14.2. The molecule has 2 aromatic carbocycles. The minimum Gasteiger partial charge on any atom is -0.496 e. The molecule has 48 heavy (non-hydrogen) atoms. The van der Waals surface area contributed by atoms with Crippen LogP contribution < -0.4 is 25.4 Å². The van der Waals surface area contributed by atoms with Gasteiger partial charge in [-0.1, -0.05) is 23.7 Å². The van der Waals surface area contributed by atoms with Crippen molar-refractivity contribution < 1.29 is 19.0 Å². The minimum atomic E-state index is -0.336. The number of nitrogens with zero attached hydrogens (tertiary/aromatic N) is 2. The number of methoxy groups -OCH3 is 1. The molecule has 1 spiro atoms. The Bertz CT molecular complexity index is 1720. The predicted molar refractivity (Wildman–Crippen MR) is 192 cm³/mol. The topological polar surface area (TPSA) is 96.1 Å². The second-order valence-electron chi connectivity index (χ2n) is 13.7. The molecule has 0 bridgehead atoms. The summed E-state index contributed by atoms with van der Waals surface area (Å²) < 4.78 is 17.0. The monoisotopic (exact) mass is 676 g/mol. The average Bonchev–Trinajstić information content (AvgIpc) is 3.39. The van der Waals surface area contributed by atoms with Gasteiger partial charge in [0.05, 0.1) is 29.8 Å². The molecule has 0 aliphatic carbocycles. The summed E-state index contributed by atoms with van der Waals surface area (Å²) in [5, 5.41) is 3.39. The van der Waals surface area contributed by atoms with E-state index < -0.39 is 0 Å². The molecular formula is C38H49ClN4O5. The average molecular weight is 677 g/mol. The number of aryl methyl sites for hydroxylation is 1. The fourth-order valence-corrected chi connectivity index (χ4v) is 8.35. The normalized spacial score (nSPS) is 17.5. The molecule has 2 N–H and O–H groups in total. The maximum Gasteiger partial charge on any atom is 0.256 e. The molecule has 258 valence electrons. The molecule has 6 rings (SSSR count). The van der Waals surface area contributed by atoms with Gasteiger partial charge in [0.2, 0.25) is 0 Å². The van der Waals surface area contributed by atoms with Gasteiger partial charge in [-0.15, -0.1) is 0 Å². The lowest BCUT2D eigenvalue weighted by Crippen LogP contribution is -2.40. The SMILES string of the molecule is CCN(c1cc(-c2ccc3c(c2)N(C(C)C)CC32CCOCC2)c(Cl)c(C(=O)NCc2c(OC)cc(C)[nH]c2=O)c1C)C1CCOCC1. The summed E-state index contributed by atoms with van der Waals surface area (Å²) in [6.45, 7) is 15.1. The third kappa shape index (κ3) is 6.32. The number of amides is 1. The number of carbonyl (C=O) groups excluding carboxylic acids is 1. The summed E-state index contributed by atoms with van der Waals surface area (Å²) in [5.74, 6) is 0.0948. The number of H-pyrrole nitrogens is 1. The molecule has 3 aliphatic rings. The number of hydrogen-bond donors (Lipinski definition) is 2. The van der Waals surface area contributed by atoms with E-state index in [1.165, 1.54) is 18.4 Å². The molecule has 2 saturated heterocycles. The van der Waals surface area contributed by atoms with Crippen LogP contribution in [-0.4, -0.2) is 69.6 Å². The van der Waals surface area contributed by atoms with E-state index in [2.05, 4.69) is 65.1 Å². The number of benzene rings is 2. The first-order valence-electron chi connectivity index (χ1n) is 17.3. The summed E-state index contributed by atoms with van der Waals surface area (Å²) in [4.78, 5) is 34.7. The summed E-state index contributed by atoms with van der Waals surface area (Å²) in [7, 11) is 1.52. The molecule has 2 fully saturated rings. The quantitative estimate of drug-likeness (QED) is 0.266. The number of nitrogens with one attached hydrogen (secondary N) is 2. The first kappa shape index (κ1) is 34.3. The zero-order valence-corrected chi connectivity index (χ0v) is 29.9. The van der Waals surface area contributed by atoms with Gasteiger partial charge in [-0.2, -0.15) is 0 Å². The molecule has 10 heteroatoms. The molecule has 0 unspecified atom stereocenters. The van der Waals surface area contributed by atoms with Crippen LogP contribution in [0.3, 0.4) is 0 Å². The van der Waals surface area contributed by atoms with Crippen LogP contribution in [0, 0.1) is 13.8 Å². The van der Waals surface area contributed by atoms with Crippen LogP contribution in [-0.2, 0) is 21.4 Å². The molecule has 3 aromatic rings. The van der Waals surface area contributed by atoms with E-state index >= 15 is 0 Å². The van der Waals surface area contributed by atoms with E-state index in [9.17, 15) is 9.59 Å². The van der Waals surface area contributed by atoms with Gasteiger partial charge in [-0.05, 0) is 95.2 Å². The second-order valence-corrected chi connectivity index (χ2v) is 14.1. The Hall–Kier alpha value is -3.53. The fourth-order valence-electron chi connectivity index (χ4n) is 7.96. The van der Waals surface area contributed by atoms with Gasteiger partial charge in [-0.25, -0.2) is 0 Å². The summed E-state index contributed by atoms with van der Waals surface area (Å²) in [6.07, 6.45) is 3.84. The molecule has 0 saturated carbocycles. The van der Waals surface area contributed by atoms with E-state index in [1.807, 2.05) is 6.92 Å². The van der Waals surface area contributed by atoms with Crippen molar-refractivity contribution >= 4 is 28.9 Å². The first-order valence-corrected chi connectivity index (χ1v) is 17.7. The molecule has 9 nitrogen and oxygen atoms in total. The van der Waals surface area contributed by atoms with Gasteiger partial charge in [0, 0.05) is 79.6 Å². The van der Waals surface area contributed by atoms with E-state index in [1.54, 1.807) is 13.0 Å². The van der Waals surface area contributed by atoms with E-state index in [0.717, 1.165) is 74.4 Å². The van der Waals surface area contributed by atoms with E-state index in [0.29, 0.717) is 46.8 Å². The van der Waals surface area contributed by atoms with Crippen LogP contribution in [0.5, 0.6) is 5.75 Å². The summed E-state index contributed by atoms with van der Waals surface area (Å²) in [6, 6.07) is 11.3. The Morgan fingerprint density at radius 1 is 1.12 bits per heavy atom. The van der Waals surface area contributed by atoms with Gasteiger partial charge in [-0.3, -0.25) is 9.59 Å². The van der Waals surface area contributed by atoms with Gasteiger partial charge in [0.1, 0.15) is 5.75 Å². The predicted octanol–water partition coefficient (Wildman–Crippen LogP) is 6.53. The zero-order chi connectivity index (χ0) is 34.2. The highest BCUT2D eigenvalue weighted by Gasteiger charge is 2.44. The number of carbonyl (C=O) groups is 1. The van der Waals surface area contributed by atoms with Crippen molar-refractivity contribution in [1.29, 1.82) is 0 Å². The number of ether oxygens (including phenoxy) is 3. The number of aromatic nitrogens is 1. The van der Waals surface area contributed by atoms with Crippen molar-refractivity contribution in [2.45, 2.75) is 84.3 Å². The Kier molecular flexibility index (Phi) is 10.1. The van der Waals surface area contributed by atoms with Gasteiger partial charge in [0.25, 0.3) is 11.5 Å². The molecule has 0 atom stereocenters. The Morgan fingerprint density at radius 3 is 2.50 bits per heavy atom. The Morgan fingerprint density at radius 2 is 1.83 bits per heavy atom. The van der Waals surface area contributed by atoms with Crippen LogP contribution >= 0.6 is 11.6 Å². The lowest BCUT2D eigenvalue weighted by molar-refractivity contribution is 0.0550. The summed E-state index contributed by atoms with van der Waals surface area (Å²) >= 11 is 7.31. The van der Waals surface area contributed by atoms with Crippen LogP contribution in [0.15, 0.2) is 35.1 Å². The van der Waals surface area contributed by atoms with Gasteiger partial charge in [0.15, 0.2) is 0 Å². The fraction of sp³-hybridized carbons (Fsp3) is 0.526. The number of rotatable bonds is 9. The number of pyridine rings is 1. The minimum absolute atomic E-state index is 0.00159. The third-order valence-electron chi connectivity index (χ3n) is 10.6. The Balaban J connectivity index is 1.46. The molecule has 4 heterocycles. The first-order chi connectivity index (χ1) is 23.1. The van der Waals surface area contributed by atoms with Crippen molar-refractivity contribution in [2.75, 3.05) is 56.4 Å². The summed E-state index contributed by atoms with van der Waals surface area (Å²) in [5.41, 5.74) is 7.44. The highest BCUT2D eigenvalue weighted by atomic mass is 35.5.